The minimum atomic E-state index is -0.295. The van der Waals surface area contributed by atoms with E-state index in [1.54, 1.807) is 11.1 Å². The van der Waals surface area contributed by atoms with E-state index in [2.05, 4.69) is 20.5 Å². The van der Waals surface area contributed by atoms with Gasteiger partial charge in [0.25, 0.3) is 0 Å². The lowest BCUT2D eigenvalue weighted by Gasteiger charge is -2.34. The number of pyridine rings is 1. The number of aromatic nitrogens is 1. The molecule has 1 aromatic carbocycles. The normalized spacial score (nSPS) is 14.3. The Morgan fingerprint density at radius 3 is 2.60 bits per heavy atom. The van der Waals surface area contributed by atoms with Crippen molar-refractivity contribution in [1.29, 1.82) is 0 Å². The highest BCUT2D eigenvalue weighted by Gasteiger charge is 2.22. The number of carbonyl (C=O) groups excluding carboxylic acids is 2. The number of hydrogen-bond acceptors (Lipinski definition) is 5. The zero-order valence-electron chi connectivity index (χ0n) is 17.2. The first kappa shape index (κ1) is 21.9. The van der Waals surface area contributed by atoms with Gasteiger partial charge in [0.15, 0.2) is 0 Å². The summed E-state index contributed by atoms with van der Waals surface area (Å²) in [6.07, 6.45) is 1.33. The third-order valence-electron chi connectivity index (χ3n) is 4.93. The first-order valence-electron chi connectivity index (χ1n) is 9.74. The van der Waals surface area contributed by atoms with Crippen molar-refractivity contribution in [3.63, 3.8) is 0 Å². The molecule has 2 heterocycles. The second kappa shape index (κ2) is 10.3. The quantitative estimate of drug-likeness (QED) is 0.758. The van der Waals surface area contributed by atoms with Gasteiger partial charge < -0.3 is 20.3 Å². The Hall–Kier alpha value is -2.84. The van der Waals surface area contributed by atoms with Gasteiger partial charge in [-0.1, -0.05) is 23.7 Å². The molecular weight excluding hydrogens is 406 g/mol. The summed E-state index contributed by atoms with van der Waals surface area (Å²) in [7, 11) is 1.39. The van der Waals surface area contributed by atoms with Crippen LogP contribution in [-0.2, 0) is 17.8 Å². The predicted molar refractivity (Wildman–Crippen MR) is 116 cm³/mol. The Balaban J connectivity index is 1.51. The molecule has 30 heavy (non-hydrogen) atoms. The molecule has 0 spiro atoms. The van der Waals surface area contributed by atoms with Crippen LogP contribution in [0.1, 0.15) is 16.8 Å². The molecule has 2 aromatic rings. The molecule has 2 N–H and O–H groups in total. The van der Waals surface area contributed by atoms with Crippen molar-refractivity contribution < 1.29 is 14.3 Å². The predicted octanol–water partition coefficient (Wildman–Crippen LogP) is 3.25. The van der Waals surface area contributed by atoms with Crippen LogP contribution in [-0.4, -0.2) is 60.2 Å². The first-order chi connectivity index (χ1) is 14.4. The lowest BCUT2D eigenvalue weighted by atomic mass is 10.1. The first-order valence-corrected chi connectivity index (χ1v) is 10.1. The van der Waals surface area contributed by atoms with Crippen molar-refractivity contribution in [3.05, 3.63) is 58.4 Å². The lowest BCUT2D eigenvalue weighted by Crippen LogP contribution is -2.48. The second-order valence-corrected chi connectivity index (χ2v) is 7.56. The fourth-order valence-electron chi connectivity index (χ4n) is 3.22. The number of piperazine rings is 1. The number of benzene rings is 1. The molecule has 1 aliphatic rings. The topological polar surface area (TPSA) is 86.8 Å². The summed E-state index contributed by atoms with van der Waals surface area (Å²) >= 11 is 6.38. The van der Waals surface area contributed by atoms with E-state index in [0.29, 0.717) is 36.9 Å². The summed E-state index contributed by atoms with van der Waals surface area (Å²) in [5.74, 6) is 0. The summed E-state index contributed by atoms with van der Waals surface area (Å²) in [5, 5.41) is 6.29. The standard InChI is InChI=1S/C21H26ClN5O3/c1-15-3-5-18(13-23-15)25-20(28)24-12-16-4-6-19(22)17(11-16)14-26-7-9-27(10-8-26)21(29)30-2/h3-6,11,13H,7-10,12,14H2,1-2H3,(H2,24,25,28). The van der Waals surface area contributed by atoms with Crippen molar-refractivity contribution in [1.82, 2.24) is 20.1 Å². The van der Waals surface area contributed by atoms with Crippen molar-refractivity contribution in [2.24, 2.45) is 0 Å². The number of aryl methyl sites for hydroxylation is 1. The lowest BCUT2D eigenvalue weighted by molar-refractivity contribution is 0.0889. The van der Waals surface area contributed by atoms with Gasteiger partial charge in [-0.05, 0) is 36.2 Å². The highest BCUT2D eigenvalue weighted by Crippen LogP contribution is 2.20. The Morgan fingerprint density at radius 1 is 1.17 bits per heavy atom. The molecule has 0 atom stereocenters. The van der Waals surface area contributed by atoms with Gasteiger partial charge in [-0.3, -0.25) is 9.88 Å². The van der Waals surface area contributed by atoms with Crippen LogP contribution in [0.4, 0.5) is 15.3 Å². The molecule has 8 nitrogen and oxygen atoms in total. The third-order valence-corrected chi connectivity index (χ3v) is 5.30. The number of nitrogens with one attached hydrogen (secondary N) is 2. The summed E-state index contributed by atoms with van der Waals surface area (Å²) < 4.78 is 4.77. The molecule has 1 aliphatic heterocycles. The number of amides is 3. The smallest absolute Gasteiger partial charge is 0.409 e. The van der Waals surface area contributed by atoms with Crippen LogP contribution in [0.15, 0.2) is 36.5 Å². The number of carbonyl (C=O) groups is 2. The van der Waals surface area contributed by atoms with E-state index in [4.69, 9.17) is 16.3 Å². The fraction of sp³-hybridized carbons (Fsp3) is 0.381. The Labute approximate surface area is 181 Å². The van der Waals surface area contributed by atoms with Gasteiger partial charge in [0, 0.05) is 50.0 Å². The highest BCUT2D eigenvalue weighted by molar-refractivity contribution is 6.31. The molecule has 0 unspecified atom stereocenters. The SMILES string of the molecule is COC(=O)N1CCN(Cc2cc(CNC(=O)Nc3ccc(C)nc3)ccc2Cl)CC1. The molecule has 0 bridgehead atoms. The molecule has 0 aliphatic carbocycles. The van der Waals surface area contributed by atoms with Gasteiger partial charge >= 0.3 is 12.1 Å². The minimum absolute atomic E-state index is 0.291. The highest BCUT2D eigenvalue weighted by atomic mass is 35.5. The van der Waals surface area contributed by atoms with E-state index < -0.39 is 0 Å². The van der Waals surface area contributed by atoms with E-state index in [-0.39, 0.29) is 12.1 Å². The average Bonchev–Trinajstić information content (AvgIpc) is 2.76. The number of ether oxygens (including phenoxy) is 1. The van der Waals surface area contributed by atoms with Crippen molar-refractivity contribution in [2.75, 3.05) is 38.6 Å². The van der Waals surface area contributed by atoms with Crippen molar-refractivity contribution in [2.45, 2.75) is 20.0 Å². The third kappa shape index (κ3) is 6.08. The van der Waals surface area contributed by atoms with Gasteiger partial charge in [-0.15, -0.1) is 0 Å². The monoisotopic (exact) mass is 431 g/mol. The summed E-state index contributed by atoms with van der Waals surface area (Å²) in [4.78, 5) is 31.8. The molecule has 3 amide bonds. The van der Waals surface area contributed by atoms with E-state index in [1.165, 1.54) is 7.11 Å². The van der Waals surface area contributed by atoms with Crippen molar-refractivity contribution in [3.8, 4) is 0 Å². The number of halogens is 1. The van der Waals surface area contributed by atoms with Crippen LogP contribution in [0.5, 0.6) is 0 Å². The number of urea groups is 1. The summed E-state index contributed by atoms with van der Waals surface area (Å²) in [5.41, 5.74) is 3.48. The average molecular weight is 432 g/mol. The summed E-state index contributed by atoms with van der Waals surface area (Å²) in [6, 6.07) is 9.10. The van der Waals surface area contributed by atoms with Crippen LogP contribution >= 0.6 is 11.6 Å². The summed E-state index contributed by atoms with van der Waals surface area (Å²) in [6.45, 7) is 5.70. The Morgan fingerprint density at radius 2 is 1.93 bits per heavy atom. The number of methoxy groups -OCH3 is 1. The largest absolute Gasteiger partial charge is 0.453 e. The maximum Gasteiger partial charge on any atom is 0.409 e. The minimum Gasteiger partial charge on any atom is -0.453 e. The van der Waals surface area contributed by atoms with Crippen LogP contribution in [0.25, 0.3) is 0 Å². The van der Waals surface area contributed by atoms with Crippen LogP contribution in [0, 0.1) is 6.92 Å². The number of hydrogen-bond donors (Lipinski definition) is 2. The zero-order valence-corrected chi connectivity index (χ0v) is 17.9. The molecule has 0 radical (unpaired) electrons. The maximum atomic E-state index is 12.1. The molecule has 160 valence electrons. The fourth-order valence-corrected chi connectivity index (χ4v) is 3.39. The molecule has 1 aromatic heterocycles. The molecule has 0 saturated carbocycles. The van der Waals surface area contributed by atoms with Crippen LogP contribution in [0.2, 0.25) is 5.02 Å². The van der Waals surface area contributed by atoms with E-state index >= 15 is 0 Å². The number of anilines is 1. The van der Waals surface area contributed by atoms with Crippen LogP contribution in [0.3, 0.4) is 0 Å². The zero-order chi connectivity index (χ0) is 21.5. The van der Waals surface area contributed by atoms with Crippen LogP contribution < -0.4 is 10.6 Å². The van der Waals surface area contributed by atoms with Crippen molar-refractivity contribution >= 4 is 29.4 Å². The van der Waals surface area contributed by atoms with E-state index in [0.717, 1.165) is 29.9 Å². The molecule has 9 heteroatoms. The molecule has 1 saturated heterocycles. The Bertz CT molecular complexity index is 883. The van der Waals surface area contributed by atoms with E-state index in [9.17, 15) is 9.59 Å². The Kier molecular flexibility index (Phi) is 7.48. The van der Waals surface area contributed by atoms with Gasteiger partial charge in [0.1, 0.15) is 0 Å². The number of nitrogens with zero attached hydrogens (tertiary/aromatic N) is 3. The van der Waals surface area contributed by atoms with Gasteiger partial charge in [-0.2, -0.15) is 0 Å². The molecule has 1 fully saturated rings. The maximum absolute atomic E-state index is 12.1. The molecule has 3 rings (SSSR count). The van der Waals surface area contributed by atoms with Gasteiger partial charge in [0.2, 0.25) is 0 Å². The second-order valence-electron chi connectivity index (χ2n) is 7.15. The van der Waals surface area contributed by atoms with Gasteiger partial charge in [0.05, 0.1) is 19.0 Å². The van der Waals surface area contributed by atoms with Gasteiger partial charge in [-0.25, -0.2) is 9.59 Å². The van der Waals surface area contributed by atoms with E-state index in [1.807, 2.05) is 37.3 Å². The number of rotatable bonds is 5. The molecular formula is C21H26ClN5O3.